The van der Waals surface area contributed by atoms with E-state index in [1.165, 1.54) is 6.07 Å². The summed E-state index contributed by atoms with van der Waals surface area (Å²) in [7, 11) is 0. The van der Waals surface area contributed by atoms with Crippen LogP contribution in [-0.2, 0) is 0 Å². The Balaban J connectivity index is 0.000000220. The second kappa shape index (κ2) is 9.78. The van der Waals surface area contributed by atoms with Gasteiger partial charge in [-0.05, 0) is 38.1 Å². The molecule has 2 aromatic carbocycles. The fraction of sp³-hybridized carbons (Fsp3) is 0.100. The number of carbonyl (C=O) groups is 1. The Kier molecular flexibility index (Phi) is 7.18. The van der Waals surface area contributed by atoms with Gasteiger partial charge in [0.05, 0.1) is 38.9 Å². The Morgan fingerprint density at radius 2 is 1.74 bits per heavy atom. The van der Waals surface area contributed by atoms with Crippen molar-refractivity contribution in [1.82, 2.24) is 4.98 Å². The molecule has 3 N–H and O–H groups in total. The zero-order chi connectivity index (χ0) is 23.1. The van der Waals surface area contributed by atoms with Crippen LogP contribution >= 0.6 is 0 Å². The van der Waals surface area contributed by atoms with Gasteiger partial charge in [-0.1, -0.05) is 23.3 Å². The molecule has 0 aliphatic heterocycles. The van der Waals surface area contributed by atoms with E-state index in [1.54, 1.807) is 31.2 Å². The first-order valence-electron chi connectivity index (χ1n) is 8.77. The Bertz CT molecular complexity index is 1250. The van der Waals surface area contributed by atoms with Gasteiger partial charge in [-0.2, -0.15) is 0 Å². The molecule has 31 heavy (non-hydrogen) atoms. The molecular weight excluding hydrogens is 408 g/mol. The van der Waals surface area contributed by atoms with E-state index in [0.29, 0.717) is 22.8 Å². The molecule has 3 rings (SSSR count). The predicted octanol–water partition coefficient (Wildman–Crippen LogP) is 3.60. The fourth-order valence-electron chi connectivity index (χ4n) is 2.61. The van der Waals surface area contributed by atoms with E-state index in [0.717, 1.165) is 23.5 Å². The molecule has 11 nitrogen and oxygen atoms in total. The highest BCUT2D eigenvalue weighted by atomic mass is 16.6. The summed E-state index contributed by atoms with van der Waals surface area (Å²) < 4.78 is 0. The van der Waals surface area contributed by atoms with Gasteiger partial charge in [0.25, 0.3) is 5.43 Å². The summed E-state index contributed by atoms with van der Waals surface area (Å²) in [6.07, 6.45) is 2.91. The lowest BCUT2D eigenvalue weighted by Gasteiger charge is -2.05. The molecule has 160 valence electrons. The van der Waals surface area contributed by atoms with Crippen molar-refractivity contribution in [2.24, 2.45) is 0 Å². The number of nitro groups is 2. The summed E-state index contributed by atoms with van der Waals surface area (Å²) in [5.74, 6) is -1.08. The summed E-state index contributed by atoms with van der Waals surface area (Å²) in [5, 5.41) is 32.4. The highest BCUT2D eigenvalue weighted by Crippen LogP contribution is 2.17. The van der Waals surface area contributed by atoms with E-state index in [-0.39, 0.29) is 5.56 Å². The molecule has 0 unspecified atom stereocenters. The minimum absolute atomic E-state index is 0.0768. The summed E-state index contributed by atoms with van der Waals surface area (Å²) in [6, 6.07) is 9.98. The van der Waals surface area contributed by atoms with Crippen molar-refractivity contribution in [2.75, 3.05) is 5.32 Å². The van der Waals surface area contributed by atoms with E-state index in [1.807, 2.05) is 13.0 Å². The third-order valence-electron chi connectivity index (χ3n) is 4.05. The lowest BCUT2D eigenvalue weighted by Crippen LogP contribution is -2.09. The number of hydrogen-bond acceptors (Lipinski definition) is 7. The maximum Gasteiger partial charge on any atom is 0.337 e. The first kappa shape index (κ1) is 22.7. The second-order valence-corrected chi connectivity index (χ2v) is 6.41. The largest absolute Gasteiger partial charge is 0.478 e. The zero-order valence-corrected chi connectivity index (χ0v) is 16.5. The van der Waals surface area contributed by atoms with Gasteiger partial charge in [0.2, 0.25) is 6.20 Å². The van der Waals surface area contributed by atoms with Crippen LogP contribution in [0.15, 0.2) is 59.8 Å². The van der Waals surface area contributed by atoms with Crippen LogP contribution in [0, 0.1) is 34.1 Å². The van der Waals surface area contributed by atoms with E-state index >= 15 is 0 Å². The average Bonchev–Trinajstić information content (AvgIpc) is 2.69. The Labute approximate surface area is 175 Å². The van der Waals surface area contributed by atoms with Crippen molar-refractivity contribution in [3.8, 4) is 0 Å². The second-order valence-electron chi connectivity index (χ2n) is 6.41. The number of rotatable bonds is 5. The highest BCUT2D eigenvalue weighted by molar-refractivity contribution is 5.94. The van der Waals surface area contributed by atoms with E-state index < -0.39 is 26.9 Å². The van der Waals surface area contributed by atoms with Crippen molar-refractivity contribution in [3.63, 3.8) is 0 Å². The molecule has 11 heteroatoms. The van der Waals surface area contributed by atoms with E-state index in [4.69, 9.17) is 5.11 Å². The maximum absolute atomic E-state index is 11.7. The number of hydrogen-bond donors (Lipinski definition) is 3. The summed E-state index contributed by atoms with van der Waals surface area (Å²) in [5.41, 5.74) is 1.74. The first-order chi connectivity index (χ1) is 14.6. The molecule has 0 atom stereocenters. The quantitative estimate of drug-likeness (QED) is 0.410. The van der Waals surface area contributed by atoms with Crippen LogP contribution in [0.25, 0.3) is 10.9 Å². The van der Waals surface area contributed by atoms with E-state index in [9.17, 15) is 29.8 Å². The minimum atomic E-state index is -1.08. The number of H-pyrrole nitrogens is 1. The van der Waals surface area contributed by atoms with Crippen LogP contribution < -0.4 is 10.7 Å². The van der Waals surface area contributed by atoms with Gasteiger partial charge >= 0.3 is 11.7 Å². The number of nitrogens with zero attached hydrogens (tertiary/aromatic N) is 2. The molecule has 0 amide bonds. The Hall–Kier alpha value is -4.54. The molecule has 0 saturated heterocycles. The van der Waals surface area contributed by atoms with Crippen molar-refractivity contribution in [1.29, 1.82) is 0 Å². The maximum atomic E-state index is 11.7. The van der Waals surface area contributed by atoms with Crippen molar-refractivity contribution in [3.05, 3.63) is 102 Å². The molecule has 1 aromatic heterocycles. The number of aryl methyl sites for hydroxylation is 2. The zero-order valence-electron chi connectivity index (χ0n) is 16.5. The van der Waals surface area contributed by atoms with E-state index in [2.05, 4.69) is 10.3 Å². The van der Waals surface area contributed by atoms with Crippen LogP contribution in [-0.4, -0.2) is 25.9 Å². The fourth-order valence-corrected chi connectivity index (χ4v) is 2.61. The predicted molar refractivity (Wildman–Crippen MR) is 114 cm³/mol. The van der Waals surface area contributed by atoms with Gasteiger partial charge in [0.15, 0.2) is 0 Å². The molecular formula is C20H18N4O7. The number of benzene rings is 2. The third kappa shape index (κ3) is 5.97. The van der Waals surface area contributed by atoms with Gasteiger partial charge in [0.1, 0.15) is 0 Å². The molecule has 0 aliphatic rings. The Morgan fingerprint density at radius 1 is 1.10 bits per heavy atom. The Morgan fingerprint density at radius 3 is 2.35 bits per heavy atom. The highest BCUT2D eigenvalue weighted by Gasteiger charge is 2.14. The molecule has 0 aliphatic carbocycles. The summed E-state index contributed by atoms with van der Waals surface area (Å²) >= 11 is 0. The van der Waals surface area contributed by atoms with Crippen LogP contribution in [0.5, 0.6) is 0 Å². The summed E-state index contributed by atoms with van der Waals surface area (Å²) in [6.45, 7) is 3.60. The van der Waals surface area contributed by atoms with Crippen LogP contribution in [0.4, 0.5) is 11.4 Å². The number of anilines is 1. The number of pyridine rings is 1. The van der Waals surface area contributed by atoms with Crippen LogP contribution in [0.1, 0.15) is 21.5 Å². The number of nitrogens with one attached hydrogen (secondary N) is 2. The van der Waals surface area contributed by atoms with Crippen molar-refractivity contribution < 1.29 is 19.7 Å². The van der Waals surface area contributed by atoms with Gasteiger partial charge in [-0.3, -0.25) is 25.0 Å². The van der Waals surface area contributed by atoms with Crippen molar-refractivity contribution in [2.45, 2.75) is 13.8 Å². The topological polar surface area (TPSA) is 168 Å². The number of aromatic carboxylic acids is 1. The van der Waals surface area contributed by atoms with Gasteiger partial charge in [0, 0.05) is 5.52 Å². The smallest absolute Gasteiger partial charge is 0.337 e. The van der Waals surface area contributed by atoms with Gasteiger partial charge < -0.3 is 15.4 Å². The first-order valence-corrected chi connectivity index (χ1v) is 8.77. The number of carboxylic acids is 1. The van der Waals surface area contributed by atoms with Crippen LogP contribution in [0.3, 0.4) is 0 Å². The normalized spacial score (nSPS) is 10.4. The van der Waals surface area contributed by atoms with Gasteiger partial charge in [-0.15, -0.1) is 0 Å². The lowest BCUT2D eigenvalue weighted by atomic mass is 10.1. The number of fused-ring (bicyclic) bond motifs is 1. The lowest BCUT2D eigenvalue weighted by molar-refractivity contribution is -0.402. The molecule has 0 fully saturated rings. The molecule has 0 radical (unpaired) electrons. The van der Waals surface area contributed by atoms with Crippen LogP contribution in [0.2, 0.25) is 0 Å². The molecule has 3 aromatic rings. The number of aromatic amines is 1. The molecule has 0 saturated carbocycles. The summed E-state index contributed by atoms with van der Waals surface area (Å²) in [4.78, 5) is 44.5. The molecule has 1 heterocycles. The average molecular weight is 426 g/mol. The van der Waals surface area contributed by atoms with Crippen molar-refractivity contribution >= 4 is 28.2 Å². The number of aromatic nitrogens is 1. The third-order valence-corrected chi connectivity index (χ3v) is 4.05. The standard InChI is InChI=1S/C10H10N2O4.C10H8N2O3/c1-7-2-3-9(8(6-7)10(13)14)11-4-5-12(15)16;1-6-2-3-8-7(4-6)10(13)9(5-11-8)12(14)15/h2-6,11H,1H3,(H,13,14);2-5H,1H3,(H,11,13). The minimum Gasteiger partial charge on any atom is -0.478 e. The van der Waals surface area contributed by atoms with Gasteiger partial charge in [-0.25, -0.2) is 4.79 Å². The SMILES string of the molecule is Cc1ccc(NC=C[N+](=O)[O-])c(C(=O)O)c1.Cc1ccc2[nH]cc([N+](=O)[O-])c(=O)c2c1. The monoisotopic (exact) mass is 426 g/mol. The number of carboxylic acid groups (broad SMARTS) is 1. The molecule has 0 bridgehead atoms. The molecule has 0 spiro atoms.